The van der Waals surface area contributed by atoms with Crippen LogP contribution in [-0.4, -0.2) is 52.9 Å². The van der Waals surface area contributed by atoms with E-state index >= 15 is 0 Å². The fourth-order valence-electron chi connectivity index (χ4n) is 4.48. The van der Waals surface area contributed by atoms with Gasteiger partial charge in [-0.25, -0.2) is 4.79 Å². The molecule has 2 saturated heterocycles. The first-order chi connectivity index (χ1) is 12.9. The number of hydrogen-bond donors (Lipinski definition) is 0. The quantitative estimate of drug-likeness (QED) is 0.824. The highest BCUT2D eigenvalue weighted by atomic mass is 16.4. The zero-order chi connectivity index (χ0) is 19.2. The lowest BCUT2D eigenvalue weighted by molar-refractivity contribution is -0.144. The van der Waals surface area contributed by atoms with Crippen LogP contribution in [-0.2, 0) is 16.1 Å². The smallest absolute Gasteiger partial charge is 0.408 e. The standard InChI is InChI=1S/C20H25N3O4/c1-14-4-5-16-15(12-14)23(19(26)27-16)10-6-17(24)22-11-8-20(13-22)7-3-9-21(2)18(20)25/h4-5,12H,3,6-11,13H2,1-2H3/t20-/m1/s1. The van der Waals surface area contributed by atoms with Gasteiger partial charge in [-0.2, -0.15) is 0 Å². The lowest BCUT2D eigenvalue weighted by atomic mass is 9.78. The third kappa shape index (κ3) is 3.05. The van der Waals surface area contributed by atoms with E-state index < -0.39 is 11.2 Å². The Morgan fingerprint density at radius 1 is 1.22 bits per heavy atom. The molecule has 3 heterocycles. The summed E-state index contributed by atoms with van der Waals surface area (Å²) in [5.41, 5.74) is 1.88. The van der Waals surface area contributed by atoms with Gasteiger partial charge in [0.2, 0.25) is 11.8 Å². The van der Waals surface area contributed by atoms with Gasteiger partial charge in [-0.3, -0.25) is 14.2 Å². The summed E-state index contributed by atoms with van der Waals surface area (Å²) in [6.45, 7) is 4.14. The highest BCUT2D eigenvalue weighted by molar-refractivity contribution is 5.86. The molecule has 2 aromatic rings. The van der Waals surface area contributed by atoms with Crippen molar-refractivity contribution in [2.45, 2.75) is 39.2 Å². The van der Waals surface area contributed by atoms with E-state index in [0.29, 0.717) is 18.7 Å². The van der Waals surface area contributed by atoms with Crippen LogP contribution in [0.4, 0.5) is 0 Å². The van der Waals surface area contributed by atoms with E-state index in [1.54, 1.807) is 15.9 Å². The molecule has 0 bridgehead atoms. The van der Waals surface area contributed by atoms with Gasteiger partial charge in [0, 0.05) is 39.6 Å². The molecular weight excluding hydrogens is 346 g/mol. The molecule has 0 radical (unpaired) electrons. The van der Waals surface area contributed by atoms with Gasteiger partial charge in [0.25, 0.3) is 0 Å². The van der Waals surface area contributed by atoms with Gasteiger partial charge in [0.05, 0.1) is 10.9 Å². The highest BCUT2D eigenvalue weighted by Gasteiger charge is 2.48. The zero-order valence-corrected chi connectivity index (χ0v) is 15.9. The van der Waals surface area contributed by atoms with Crippen molar-refractivity contribution >= 4 is 22.9 Å². The summed E-state index contributed by atoms with van der Waals surface area (Å²) in [6, 6.07) is 5.56. The van der Waals surface area contributed by atoms with Crippen LogP contribution in [0.1, 0.15) is 31.2 Å². The van der Waals surface area contributed by atoms with Gasteiger partial charge in [-0.1, -0.05) is 6.07 Å². The number of fused-ring (bicyclic) bond motifs is 1. The molecule has 2 amide bonds. The number of rotatable bonds is 3. The van der Waals surface area contributed by atoms with Gasteiger partial charge in [-0.05, 0) is 43.9 Å². The molecule has 7 heteroatoms. The molecule has 1 aromatic carbocycles. The summed E-state index contributed by atoms with van der Waals surface area (Å²) >= 11 is 0. The zero-order valence-electron chi connectivity index (χ0n) is 15.9. The normalized spacial score (nSPS) is 23.0. The second kappa shape index (κ2) is 6.55. The van der Waals surface area contributed by atoms with Crippen LogP contribution in [0.3, 0.4) is 0 Å². The summed E-state index contributed by atoms with van der Waals surface area (Å²) in [5, 5.41) is 0. The minimum atomic E-state index is -0.439. The molecular formula is C20H25N3O4. The number of likely N-dealkylation sites (tertiary alicyclic amines) is 2. The summed E-state index contributed by atoms with van der Waals surface area (Å²) in [4.78, 5) is 41.0. The summed E-state index contributed by atoms with van der Waals surface area (Å²) in [7, 11) is 1.84. The monoisotopic (exact) mass is 371 g/mol. The lowest BCUT2D eigenvalue weighted by Crippen LogP contribution is -2.48. The van der Waals surface area contributed by atoms with Gasteiger partial charge in [-0.15, -0.1) is 0 Å². The van der Waals surface area contributed by atoms with E-state index in [2.05, 4.69) is 0 Å². The molecule has 7 nitrogen and oxygen atoms in total. The van der Waals surface area contributed by atoms with Crippen molar-refractivity contribution in [2.24, 2.45) is 5.41 Å². The van der Waals surface area contributed by atoms with Crippen molar-refractivity contribution in [1.29, 1.82) is 0 Å². The minimum absolute atomic E-state index is 0.0122. The second-order valence-electron chi connectivity index (χ2n) is 7.92. The summed E-state index contributed by atoms with van der Waals surface area (Å²) in [6.07, 6.45) is 2.80. The fourth-order valence-corrected chi connectivity index (χ4v) is 4.48. The van der Waals surface area contributed by atoms with Crippen LogP contribution < -0.4 is 5.76 Å². The number of piperidine rings is 1. The van der Waals surface area contributed by atoms with E-state index in [1.807, 2.05) is 26.1 Å². The molecule has 2 fully saturated rings. The largest absolute Gasteiger partial charge is 0.419 e. The number of carbonyl (C=O) groups excluding carboxylic acids is 2. The molecule has 1 spiro atoms. The topological polar surface area (TPSA) is 75.8 Å². The van der Waals surface area contributed by atoms with Crippen LogP contribution >= 0.6 is 0 Å². The molecule has 2 aliphatic heterocycles. The summed E-state index contributed by atoms with van der Waals surface area (Å²) < 4.78 is 6.78. The van der Waals surface area contributed by atoms with Crippen LogP contribution in [0.2, 0.25) is 0 Å². The molecule has 0 aliphatic carbocycles. The average molecular weight is 371 g/mol. The molecule has 2 aliphatic rings. The van der Waals surface area contributed by atoms with Crippen molar-refractivity contribution in [2.75, 3.05) is 26.7 Å². The van der Waals surface area contributed by atoms with Crippen LogP contribution in [0, 0.1) is 12.3 Å². The first kappa shape index (κ1) is 17.8. The number of oxazole rings is 1. The molecule has 1 atom stereocenters. The summed E-state index contributed by atoms with van der Waals surface area (Å²) in [5.74, 6) is -0.288. The van der Waals surface area contributed by atoms with Gasteiger partial charge in [0.15, 0.2) is 5.58 Å². The van der Waals surface area contributed by atoms with Crippen molar-refractivity contribution in [3.63, 3.8) is 0 Å². The van der Waals surface area contributed by atoms with E-state index in [1.165, 1.54) is 4.57 Å². The van der Waals surface area contributed by atoms with Crippen molar-refractivity contribution in [3.05, 3.63) is 34.3 Å². The molecule has 144 valence electrons. The minimum Gasteiger partial charge on any atom is -0.408 e. The van der Waals surface area contributed by atoms with Crippen molar-refractivity contribution < 1.29 is 14.0 Å². The Morgan fingerprint density at radius 3 is 2.85 bits per heavy atom. The third-order valence-corrected chi connectivity index (χ3v) is 6.03. The van der Waals surface area contributed by atoms with Crippen molar-refractivity contribution in [3.8, 4) is 0 Å². The molecule has 27 heavy (non-hydrogen) atoms. The van der Waals surface area contributed by atoms with Gasteiger partial charge in [0.1, 0.15) is 0 Å². The second-order valence-corrected chi connectivity index (χ2v) is 7.92. The Bertz CT molecular complexity index is 960. The number of aromatic nitrogens is 1. The van der Waals surface area contributed by atoms with E-state index in [4.69, 9.17) is 4.42 Å². The Hall–Kier alpha value is -2.57. The maximum atomic E-state index is 12.7. The molecule has 0 N–H and O–H groups in total. The number of nitrogens with zero attached hydrogens (tertiary/aromatic N) is 3. The predicted octanol–water partition coefficient (Wildman–Crippen LogP) is 1.76. The van der Waals surface area contributed by atoms with E-state index in [-0.39, 0.29) is 24.8 Å². The highest BCUT2D eigenvalue weighted by Crippen LogP contribution is 2.39. The third-order valence-electron chi connectivity index (χ3n) is 6.03. The maximum Gasteiger partial charge on any atom is 0.419 e. The molecule has 0 unspecified atom stereocenters. The van der Waals surface area contributed by atoms with Crippen LogP contribution in [0.25, 0.3) is 11.1 Å². The lowest BCUT2D eigenvalue weighted by Gasteiger charge is -2.37. The van der Waals surface area contributed by atoms with Crippen LogP contribution in [0.5, 0.6) is 0 Å². The fraction of sp³-hybridized carbons (Fsp3) is 0.550. The molecule has 4 rings (SSSR count). The Morgan fingerprint density at radius 2 is 2.04 bits per heavy atom. The Labute approximate surface area is 157 Å². The number of amides is 2. The first-order valence-corrected chi connectivity index (χ1v) is 9.53. The van der Waals surface area contributed by atoms with E-state index in [0.717, 1.165) is 36.9 Å². The maximum absolute atomic E-state index is 12.7. The molecule has 1 aromatic heterocycles. The van der Waals surface area contributed by atoms with E-state index in [9.17, 15) is 14.4 Å². The number of carbonyl (C=O) groups is 2. The predicted molar refractivity (Wildman–Crippen MR) is 100 cm³/mol. The van der Waals surface area contributed by atoms with Gasteiger partial charge < -0.3 is 14.2 Å². The Kier molecular flexibility index (Phi) is 4.32. The van der Waals surface area contributed by atoms with Gasteiger partial charge >= 0.3 is 5.76 Å². The SMILES string of the molecule is Cc1ccc2oc(=O)n(CCC(=O)N3CC[C@]4(CCCN(C)C4=O)C3)c2c1. The molecule has 0 saturated carbocycles. The number of benzene rings is 1. The number of hydrogen-bond acceptors (Lipinski definition) is 4. The Balaban J connectivity index is 1.45. The average Bonchev–Trinajstić information content (AvgIpc) is 3.19. The van der Waals surface area contributed by atoms with Crippen LogP contribution in [0.15, 0.2) is 27.4 Å². The van der Waals surface area contributed by atoms with Crippen molar-refractivity contribution in [1.82, 2.24) is 14.4 Å². The number of aryl methyl sites for hydroxylation is 2. The first-order valence-electron chi connectivity index (χ1n) is 9.53.